The molecule has 3 heterocycles. The molecule has 2 amide bonds. The lowest BCUT2D eigenvalue weighted by Gasteiger charge is -2.42. The zero-order valence-electron chi connectivity index (χ0n) is 11.8. The molecular weight excluding hydrogens is 244 g/mol. The van der Waals surface area contributed by atoms with E-state index < -0.39 is 5.79 Å². The number of likely N-dealkylation sites (tertiary alicyclic amines) is 2. The summed E-state index contributed by atoms with van der Waals surface area (Å²) in [6.45, 7) is 6.75. The van der Waals surface area contributed by atoms with Gasteiger partial charge in [-0.25, -0.2) is 4.79 Å². The number of ether oxygens (including phenoxy) is 2. The van der Waals surface area contributed by atoms with Gasteiger partial charge in [0.2, 0.25) is 0 Å². The van der Waals surface area contributed by atoms with E-state index in [1.54, 1.807) is 0 Å². The van der Waals surface area contributed by atoms with Crippen LogP contribution in [0.3, 0.4) is 0 Å². The number of urea groups is 1. The maximum Gasteiger partial charge on any atom is 0.320 e. The molecule has 0 radical (unpaired) electrons. The Bertz CT molecular complexity index is 342. The molecule has 0 saturated carbocycles. The second-order valence-corrected chi connectivity index (χ2v) is 6.11. The summed E-state index contributed by atoms with van der Waals surface area (Å²) in [6.07, 6.45) is 4.24. The van der Waals surface area contributed by atoms with Crippen molar-refractivity contribution in [2.75, 3.05) is 39.4 Å². The minimum atomic E-state index is -0.505. The van der Waals surface area contributed by atoms with Crippen molar-refractivity contribution in [1.82, 2.24) is 9.80 Å². The molecule has 3 fully saturated rings. The Kier molecular flexibility index (Phi) is 3.67. The zero-order chi connectivity index (χ0) is 13.3. The summed E-state index contributed by atoms with van der Waals surface area (Å²) in [5, 5.41) is 0. The maximum atomic E-state index is 12.6. The van der Waals surface area contributed by atoms with Crippen molar-refractivity contribution in [3.05, 3.63) is 0 Å². The van der Waals surface area contributed by atoms with E-state index in [9.17, 15) is 4.79 Å². The fourth-order valence-electron chi connectivity index (χ4n) is 3.45. The number of carbonyl (C=O) groups excluding carboxylic acids is 1. The van der Waals surface area contributed by atoms with Crippen molar-refractivity contribution in [3.63, 3.8) is 0 Å². The lowest BCUT2D eigenvalue weighted by molar-refractivity contribution is -0.184. The Morgan fingerprint density at radius 2 is 1.89 bits per heavy atom. The van der Waals surface area contributed by atoms with Gasteiger partial charge in [-0.2, -0.15) is 0 Å². The van der Waals surface area contributed by atoms with Crippen LogP contribution >= 0.6 is 0 Å². The van der Waals surface area contributed by atoms with Gasteiger partial charge in [-0.05, 0) is 25.2 Å². The number of hydrogen-bond donors (Lipinski definition) is 0. The molecule has 19 heavy (non-hydrogen) atoms. The Morgan fingerprint density at radius 1 is 1.16 bits per heavy atom. The van der Waals surface area contributed by atoms with E-state index in [0.717, 1.165) is 38.9 Å². The highest BCUT2D eigenvalue weighted by Gasteiger charge is 2.43. The molecule has 1 unspecified atom stereocenters. The highest BCUT2D eigenvalue weighted by Crippen LogP contribution is 2.31. The Labute approximate surface area is 114 Å². The topological polar surface area (TPSA) is 42.0 Å². The van der Waals surface area contributed by atoms with Gasteiger partial charge in [0.05, 0.1) is 19.8 Å². The van der Waals surface area contributed by atoms with Crippen LogP contribution in [0, 0.1) is 5.92 Å². The van der Waals surface area contributed by atoms with Crippen molar-refractivity contribution >= 4 is 6.03 Å². The summed E-state index contributed by atoms with van der Waals surface area (Å²) in [5.74, 6) is 0.116. The molecule has 1 atom stereocenters. The third-order valence-corrected chi connectivity index (χ3v) is 4.43. The number of carbonyl (C=O) groups is 1. The van der Waals surface area contributed by atoms with Crippen molar-refractivity contribution in [2.45, 2.75) is 38.4 Å². The van der Waals surface area contributed by atoms with Gasteiger partial charge in [0.25, 0.3) is 0 Å². The van der Waals surface area contributed by atoms with E-state index >= 15 is 0 Å². The van der Waals surface area contributed by atoms with Crippen molar-refractivity contribution < 1.29 is 14.3 Å². The summed E-state index contributed by atoms with van der Waals surface area (Å²) in [7, 11) is 0. The fourth-order valence-corrected chi connectivity index (χ4v) is 3.45. The smallest absolute Gasteiger partial charge is 0.320 e. The van der Waals surface area contributed by atoms with Gasteiger partial charge in [0.15, 0.2) is 5.79 Å². The number of piperidine rings is 2. The lowest BCUT2D eigenvalue weighted by Crippen LogP contribution is -2.55. The summed E-state index contributed by atoms with van der Waals surface area (Å²) < 4.78 is 11.5. The second kappa shape index (κ2) is 5.29. The average molecular weight is 268 g/mol. The van der Waals surface area contributed by atoms with E-state index in [0.29, 0.717) is 25.7 Å². The minimum Gasteiger partial charge on any atom is -0.346 e. The van der Waals surface area contributed by atoms with Gasteiger partial charge < -0.3 is 19.3 Å². The first kappa shape index (κ1) is 13.2. The van der Waals surface area contributed by atoms with E-state index in [4.69, 9.17) is 9.47 Å². The summed E-state index contributed by atoms with van der Waals surface area (Å²) in [5.41, 5.74) is 0. The molecule has 1 spiro atoms. The Balaban J connectivity index is 1.62. The number of amides is 2. The van der Waals surface area contributed by atoms with Crippen LogP contribution in [0.25, 0.3) is 0 Å². The molecule has 0 aromatic carbocycles. The zero-order valence-corrected chi connectivity index (χ0v) is 11.8. The van der Waals surface area contributed by atoms with Crippen LogP contribution in [0.15, 0.2) is 0 Å². The monoisotopic (exact) mass is 268 g/mol. The molecule has 3 aliphatic rings. The first-order valence-electron chi connectivity index (χ1n) is 7.50. The predicted molar refractivity (Wildman–Crippen MR) is 70.8 cm³/mol. The SMILES string of the molecule is CC1CCCN(C(=O)N2CCCC3(C2)OCCO3)C1. The molecule has 3 saturated heterocycles. The quantitative estimate of drug-likeness (QED) is 0.671. The first-order valence-corrected chi connectivity index (χ1v) is 7.50. The van der Waals surface area contributed by atoms with Crippen LogP contribution in [0.5, 0.6) is 0 Å². The second-order valence-electron chi connectivity index (χ2n) is 6.11. The van der Waals surface area contributed by atoms with Gasteiger partial charge in [0, 0.05) is 26.1 Å². The average Bonchev–Trinajstić information content (AvgIpc) is 2.86. The minimum absolute atomic E-state index is 0.171. The van der Waals surface area contributed by atoms with Crippen molar-refractivity contribution in [3.8, 4) is 0 Å². The van der Waals surface area contributed by atoms with Crippen LogP contribution < -0.4 is 0 Å². The fraction of sp³-hybridized carbons (Fsp3) is 0.929. The van der Waals surface area contributed by atoms with Gasteiger partial charge in [0.1, 0.15) is 0 Å². The van der Waals surface area contributed by atoms with Crippen LogP contribution in [0.1, 0.15) is 32.6 Å². The molecular formula is C14H24N2O3. The van der Waals surface area contributed by atoms with E-state index in [-0.39, 0.29) is 6.03 Å². The van der Waals surface area contributed by atoms with E-state index in [1.807, 2.05) is 9.80 Å². The molecule has 0 bridgehead atoms. The third kappa shape index (κ3) is 2.72. The van der Waals surface area contributed by atoms with Crippen molar-refractivity contribution in [1.29, 1.82) is 0 Å². The number of nitrogens with zero attached hydrogens (tertiary/aromatic N) is 2. The largest absolute Gasteiger partial charge is 0.346 e. The van der Waals surface area contributed by atoms with Crippen molar-refractivity contribution in [2.24, 2.45) is 5.92 Å². The summed E-state index contributed by atoms with van der Waals surface area (Å²) in [4.78, 5) is 16.5. The van der Waals surface area contributed by atoms with Gasteiger partial charge in [-0.15, -0.1) is 0 Å². The normalized spacial score (nSPS) is 30.9. The standard InChI is InChI=1S/C14H24N2O3/c1-12-4-2-6-15(10-12)13(17)16-7-3-5-14(11-16)18-8-9-19-14/h12H,2-11H2,1H3. The molecule has 3 aliphatic heterocycles. The van der Waals surface area contributed by atoms with Crippen LogP contribution in [0.4, 0.5) is 4.79 Å². The molecule has 108 valence electrons. The first-order chi connectivity index (χ1) is 9.19. The predicted octanol–water partition coefficient (Wildman–Crippen LogP) is 1.68. The number of hydrogen-bond acceptors (Lipinski definition) is 3. The lowest BCUT2D eigenvalue weighted by atomic mass is 10.0. The summed E-state index contributed by atoms with van der Waals surface area (Å²) >= 11 is 0. The van der Waals surface area contributed by atoms with E-state index in [2.05, 4.69) is 6.92 Å². The molecule has 0 aromatic heterocycles. The molecule has 3 rings (SSSR count). The number of rotatable bonds is 0. The highest BCUT2D eigenvalue weighted by molar-refractivity contribution is 5.74. The highest BCUT2D eigenvalue weighted by atomic mass is 16.7. The Hall–Kier alpha value is -0.810. The van der Waals surface area contributed by atoms with Gasteiger partial charge in [-0.1, -0.05) is 6.92 Å². The maximum absolute atomic E-state index is 12.6. The summed E-state index contributed by atoms with van der Waals surface area (Å²) in [6, 6.07) is 0.171. The molecule has 0 N–H and O–H groups in total. The molecule has 5 heteroatoms. The van der Waals surface area contributed by atoms with Crippen LogP contribution in [0.2, 0.25) is 0 Å². The molecule has 5 nitrogen and oxygen atoms in total. The third-order valence-electron chi connectivity index (χ3n) is 4.43. The molecule has 0 aromatic rings. The van der Waals surface area contributed by atoms with Crippen LogP contribution in [-0.2, 0) is 9.47 Å². The van der Waals surface area contributed by atoms with E-state index in [1.165, 1.54) is 6.42 Å². The van der Waals surface area contributed by atoms with Gasteiger partial charge >= 0.3 is 6.03 Å². The Morgan fingerprint density at radius 3 is 2.63 bits per heavy atom. The molecule has 0 aliphatic carbocycles. The van der Waals surface area contributed by atoms with Crippen LogP contribution in [-0.4, -0.2) is 61.0 Å². The van der Waals surface area contributed by atoms with Gasteiger partial charge in [-0.3, -0.25) is 0 Å².